The summed E-state index contributed by atoms with van der Waals surface area (Å²) in [5.74, 6) is 1.76. The Kier molecular flexibility index (Phi) is 4.13. The number of aromatic nitrogens is 2. The van der Waals surface area contributed by atoms with E-state index in [1.165, 1.54) is 0 Å². The molecule has 0 unspecified atom stereocenters. The Morgan fingerprint density at radius 3 is 2.92 bits per heavy atom. The van der Waals surface area contributed by atoms with Gasteiger partial charge >= 0.3 is 0 Å². The molecule has 1 aromatic heterocycles. The molecule has 0 saturated carbocycles. The zero-order chi connectivity index (χ0) is 17.2. The summed E-state index contributed by atoms with van der Waals surface area (Å²) in [5.41, 5.74) is 1.44. The number of hydrogen-bond donors (Lipinski definition) is 0. The quantitative estimate of drug-likeness (QED) is 0.852. The smallest absolute Gasteiger partial charge is 0.254 e. The highest BCUT2D eigenvalue weighted by Gasteiger charge is 2.27. The van der Waals surface area contributed by atoms with E-state index < -0.39 is 0 Å². The van der Waals surface area contributed by atoms with Crippen LogP contribution in [-0.4, -0.2) is 47.0 Å². The topological polar surface area (TPSA) is 73.8 Å². The summed E-state index contributed by atoms with van der Waals surface area (Å²) < 4.78 is 16.5. The molecule has 7 heteroatoms. The van der Waals surface area contributed by atoms with Gasteiger partial charge in [0.05, 0.1) is 12.2 Å². The molecule has 1 atom stereocenters. The van der Waals surface area contributed by atoms with Crippen molar-refractivity contribution in [3.63, 3.8) is 0 Å². The van der Waals surface area contributed by atoms with Crippen molar-refractivity contribution in [1.29, 1.82) is 0 Å². The van der Waals surface area contributed by atoms with Crippen molar-refractivity contribution >= 4 is 5.91 Å². The summed E-state index contributed by atoms with van der Waals surface area (Å²) in [6.07, 6.45) is 1.70. The van der Waals surface area contributed by atoms with Gasteiger partial charge in [-0.25, -0.2) is 0 Å². The number of carbonyl (C=O) groups excluding carboxylic acids is 1. The van der Waals surface area contributed by atoms with E-state index in [1.54, 1.807) is 24.3 Å². The lowest BCUT2D eigenvalue weighted by Gasteiger charge is -2.32. The predicted octanol–water partition coefficient (Wildman–Crippen LogP) is 2.20. The number of piperidine rings is 1. The van der Waals surface area contributed by atoms with Gasteiger partial charge in [-0.1, -0.05) is 0 Å². The van der Waals surface area contributed by atoms with Gasteiger partial charge in [0, 0.05) is 18.2 Å². The zero-order valence-corrected chi connectivity index (χ0v) is 14.0. The highest BCUT2D eigenvalue weighted by Crippen LogP contribution is 2.33. The maximum Gasteiger partial charge on any atom is 0.254 e. The largest absolute Gasteiger partial charge is 0.471 e. The molecule has 0 radical (unpaired) electrons. The van der Waals surface area contributed by atoms with E-state index in [-0.39, 0.29) is 18.8 Å². The lowest BCUT2D eigenvalue weighted by Crippen LogP contribution is -2.44. The minimum atomic E-state index is -0.0799. The second-order valence-corrected chi connectivity index (χ2v) is 6.21. The van der Waals surface area contributed by atoms with E-state index in [0.717, 1.165) is 18.5 Å². The van der Waals surface area contributed by atoms with Crippen LogP contribution in [0.3, 0.4) is 0 Å². The van der Waals surface area contributed by atoms with E-state index in [9.17, 15) is 4.79 Å². The minimum absolute atomic E-state index is 0.0263. The van der Waals surface area contributed by atoms with Gasteiger partial charge in [-0.2, -0.15) is 5.10 Å². The first kappa shape index (κ1) is 15.7. The summed E-state index contributed by atoms with van der Waals surface area (Å²) in [6.45, 7) is 3.32. The van der Waals surface area contributed by atoms with Crippen LogP contribution in [0, 0.1) is 6.92 Å². The zero-order valence-electron chi connectivity index (χ0n) is 14.0. The number of benzene rings is 1. The van der Waals surface area contributed by atoms with E-state index >= 15 is 0 Å². The fourth-order valence-corrected chi connectivity index (χ4v) is 3.05. The number of fused-ring (bicyclic) bond motifs is 1. The van der Waals surface area contributed by atoms with Crippen molar-refractivity contribution in [1.82, 2.24) is 15.1 Å². The van der Waals surface area contributed by atoms with Crippen molar-refractivity contribution in [3.8, 4) is 17.4 Å². The van der Waals surface area contributed by atoms with Crippen molar-refractivity contribution in [3.05, 3.63) is 41.6 Å². The first-order valence-corrected chi connectivity index (χ1v) is 8.35. The summed E-state index contributed by atoms with van der Waals surface area (Å²) >= 11 is 0. The summed E-state index contributed by atoms with van der Waals surface area (Å²) in [7, 11) is 0. The highest BCUT2D eigenvalue weighted by atomic mass is 16.7. The number of hydrogen-bond acceptors (Lipinski definition) is 6. The van der Waals surface area contributed by atoms with Crippen LogP contribution < -0.4 is 14.2 Å². The van der Waals surface area contributed by atoms with Gasteiger partial charge < -0.3 is 19.1 Å². The number of likely N-dealkylation sites (tertiary alicyclic amines) is 1. The lowest BCUT2D eigenvalue weighted by molar-refractivity contribution is 0.0525. The Morgan fingerprint density at radius 1 is 1.20 bits per heavy atom. The van der Waals surface area contributed by atoms with Crippen LogP contribution in [0.2, 0.25) is 0 Å². The molecule has 25 heavy (non-hydrogen) atoms. The molecule has 2 aromatic rings. The lowest BCUT2D eigenvalue weighted by atomic mass is 10.1. The molecule has 0 bridgehead atoms. The standard InChI is InChI=1S/C18H19N3O4/c1-12-4-7-17(20-19-12)25-14-3-2-8-21(10-14)18(22)13-5-6-15-16(9-13)24-11-23-15/h4-7,9,14H,2-3,8,10-11H2,1H3/t14-/m1/s1. The third-order valence-electron chi connectivity index (χ3n) is 4.35. The maximum absolute atomic E-state index is 12.8. The molecule has 130 valence electrons. The Hall–Kier alpha value is -2.83. The van der Waals surface area contributed by atoms with Crippen molar-refractivity contribution in [2.75, 3.05) is 19.9 Å². The second-order valence-electron chi connectivity index (χ2n) is 6.21. The van der Waals surface area contributed by atoms with Crippen molar-refractivity contribution in [2.45, 2.75) is 25.9 Å². The van der Waals surface area contributed by atoms with E-state index in [1.807, 2.05) is 17.9 Å². The molecule has 1 saturated heterocycles. The molecule has 2 aliphatic heterocycles. The van der Waals surface area contributed by atoms with Crippen LogP contribution in [0.15, 0.2) is 30.3 Å². The van der Waals surface area contributed by atoms with Gasteiger partial charge in [-0.15, -0.1) is 5.10 Å². The van der Waals surface area contributed by atoms with Gasteiger partial charge in [0.15, 0.2) is 11.5 Å². The molecule has 0 spiro atoms. The Bertz CT molecular complexity index is 778. The third kappa shape index (κ3) is 3.35. The molecule has 2 aliphatic rings. The molecule has 3 heterocycles. The fourth-order valence-electron chi connectivity index (χ4n) is 3.05. The number of amides is 1. The molecule has 0 N–H and O–H groups in total. The van der Waals surface area contributed by atoms with E-state index in [0.29, 0.717) is 36.0 Å². The fraction of sp³-hybridized carbons (Fsp3) is 0.389. The van der Waals surface area contributed by atoms with Crippen LogP contribution in [0.4, 0.5) is 0 Å². The molecule has 1 aromatic carbocycles. The first-order valence-electron chi connectivity index (χ1n) is 8.35. The van der Waals surface area contributed by atoms with E-state index in [2.05, 4.69) is 10.2 Å². The number of rotatable bonds is 3. The Balaban J connectivity index is 1.43. The molecule has 0 aliphatic carbocycles. The van der Waals surface area contributed by atoms with Gasteiger partial charge in [0.2, 0.25) is 12.7 Å². The van der Waals surface area contributed by atoms with Crippen LogP contribution in [-0.2, 0) is 0 Å². The summed E-state index contributed by atoms with van der Waals surface area (Å²) in [4.78, 5) is 14.6. The Morgan fingerprint density at radius 2 is 2.08 bits per heavy atom. The molecule has 4 rings (SSSR count). The summed E-state index contributed by atoms with van der Waals surface area (Å²) in [6, 6.07) is 8.95. The number of nitrogens with zero attached hydrogens (tertiary/aromatic N) is 3. The van der Waals surface area contributed by atoms with Gasteiger partial charge in [0.25, 0.3) is 5.91 Å². The van der Waals surface area contributed by atoms with Crippen molar-refractivity contribution < 1.29 is 19.0 Å². The number of carbonyl (C=O) groups is 1. The van der Waals surface area contributed by atoms with E-state index in [4.69, 9.17) is 14.2 Å². The molecular weight excluding hydrogens is 322 g/mol. The predicted molar refractivity (Wildman–Crippen MR) is 88.9 cm³/mol. The Labute approximate surface area is 145 Å². The van der Waals surface area contributed by atoms with Crippen LogP contribution >= 0.6 is 0 Å². The highest BCUT2D eigenvalue weighted by molar-refractivity contribution is 5.95. The van der Waals surface area contributed by atoms with Crippen molar-refractivity contribution in [2.24, 2.45) is 0 Å². The monoisotopic (exact) mass is 341 g/mol. The maximum atomic E-state index is 12.8. The SMILES string of the molecule is Cc1ccc(O[C@@H]2CCCN(C(=O)c3ccc4c(c3)OCO4)C2)nn1. The molecule has 1 fully saturated rings. The first-order chi connectivity index (χ1) is 12.2. The van der Waals surface area contributed by atoms with Gasteiger partial charge in [-0.05, 0) is 44.0 Å². The van der Waals surface area contributed by atoms with Gasteiger partial charge in [0.1, 0.15) is 6.10 Å². The third-order valence-corrected chi connectivity index (χ3v) is 4.35. The molecular formula is C18H19N3O4. The van der Waals surface area contributed by atoms with Crippen LogP contribution in [0.1, 0.15) is 28.9 Å². The second kappa shape index (κ2) is 6.58. The normalized spacial score (nSPS) is 18.9. The minimum Gasteiger partial charge on any atom is -0.471 e. The van der Waals surface area contributed by atoms with Gasteiger partial charge in [-0.3, -0.25) is 4.79 Å². The summed E-state index contributed by atoms with van der Waals surface area (Å²) in [5, 5.41) is 8.03. The van der Waals surface area contributed by atoms with Crippen LogP contribution in [0.5, 0.6) is 17.4 Å². The average molecular weight is 341 g/mol. The molecule has 7 nitrogen and oxygen atoms in total. The number of ether oxygens (including phenoxy) is 3. The average Bonchev–Trinajstić information content (AvgIpc) is 3.11. The van der Waals surface area contributed by atoms with Crippen LogP contribution in [0.25, 0.3) is 0 Å². The number of aryl methyl sites for hydroxylation is 1. The molecule has 1 amide bonds.